The van der Waals surface area contributed by atoms with Crippen LogP contribution in [-0.2, 0) is 0 Å². The van der Waals surface area contributed by atoms with Gasteiger partial charge in [-0.2, -0.15) is 5.26 Å². The third kappa shape index (κ3) is 3.51. The minimum absolute atomic E-state index is 0.160. The van der Waals surface area contributed by atoms with Gasteiger partial charge in [-0.1, -0.05) is 0 Å². The van der Waals surface area contributed by atoms with Crippen molar-refractivity contribution < 1.29 is 9.72 Å². The molecule has 0 spiro atoms. The molecule has 0 N–H and O–H groups in total. The molecule has 0 aromatic heterocycles. The molecule has 0 saturated carbocycles. The van der Waals surface area contributed by atoms with E-state index in [0.29, 0.717) is 4.47 Å². The molecule has 1 unspecified atom stereocenters. The molecular weight excluding hydrogens is 314 g/mol. The molecule has 19 heavy (non-hydrogen) atoms. The van der Waals surface area contributed by atoms with Crippen molar-refractivity contribution in [3.8, 4) is 6.07 Å². The fourth-order valence-corrected chi connectivity index (χ4v) is 1.85. The Labute approximate surface area is 118 Å². The Morgan fingerprint density at radius 2 is 2.26 bits per heavy atom. The van der Waals surface area contributed by atoms with Crippen LogP contribution in [0.25, 0.3) is 0 Å². The molecule has 0 fully saturated rings. The van der Waals surface area contributed by atoms with Crippen LogP contribution in [0.4, 0.5) is 5.69 Å². The molecule has 1 aromatic rings. The van der Waals surface area contributed by atoms with Crippen LogP contribution in [0.1, 0.15) is 23.7 Å². The van der Waals surface area contributed by atoms with Gasteiger partial charge in [-0.3, -0.25) is 14.9 Å². The number of rotatable bonds is 4. The number of nitro groups is 1. The van der Waals surface area contributed by atoms with E-state index in [4.69, 9.17) is 5.26 Å². The zero-order valence-corrected chi connectivity index (χ0v) is 12.0. The van der Waals surface area contributed by atoms with Gasteiger partial charge in [-0.25, -0.2) is 0 Å². The number of nitriles is 1. The molecule has 0 aliphatic heterocycles. The molecule has 1 amide bonds. The predicted octanol–water partition coefficient (Wildman–Crippen LogP) is 2.73. The van der Waals surface area contributed by atoms with Crippen LogP contribution in [0.15, 0.2) is 22.7 Å². The van der Waals surface area contributed by atoms with E-state index >= 15 is 0 Å². The van der Waals surface area contributed by atoms with Gasteiger partial charge in [-0.05, 0) is 35.0 Å². The first-order valence-corrected chi connectivity index (χ1v) is 6.25. The van der Waals surface area contributed by atoms with Crippen LogP contribution in [0, 0.1) is 21.4 Å². The standard InChI is InChI=1S/C12H12BrN3O3/c1-8(5-6-14)15(2)12(17)9-3-4-10(13)11(7-9)16(18)19/h3-4,7-8H,5H2,1-2H3. The van der Waals surface area contributed by atoms with E-state index in [0.717, 1.165) is 0 Å². The van der Waals surface area contributed by atoms with Gasteiger partial charge in [0, 0.05) is 24.7 Å². The van der Waals surface area contributed by atoms with Crippen molar-refractivity contribution in [2.75, 3.05) is 7.05 Å². The first-order valence-electron chi connectivity index (χ1n) is 5.46. The van der Waals surface area contributed by atoms with E-state index in [1.54, 1.807) is 14.0 Å². The number of nitrogens with zero attached hydrogens (tertiary/aromatic N) is 3. The van der Waals surface area contributed by atoms with Crippen LogP contribution < -0.4 is 0 Å². The molecule has 0 aliphatic rings. The summed E-state index contributed by atoms with van der Waals surface area (Å²) in [6.07, 6.45) is 0.209. The highest BCUT2D eigenvalue weighted by Gasteiger charge is 2.21. The van der Waals surface area contributed by atoms with Crippen molar-refractivity contribution >= 4 is 27.5 Å². The molecule has 0 radical (unpaired) electrons. The normalized spacial score (nSPS) is 11.5. The molecule has 0 heterocycles. The van der Waals surface area contributed by atoms with Crippen molar-refractivity contribution in [1.29, 1.82) is 5.26 Å². The maximum atomic E-state index is 12.1. The van der Waals surface area contributed by atoms with E-state index in [2.05, 4.69) is 15.9 Å². The lowest BCUT2D eigenvalue weighted by Crippen LogP contribution is -2.34. The first-order chi connectivity index (χ1) is 8.88. The monoisotopic (exact) mass is 325 g/mol. The SMILES string of the molecule is CC(CC#N)N(C)C(=O)c1ccc(Br)c([N+](=O)[O-])c1. The topological polar surface area (TPSA) is 87.2 Å². The molecule has 0 saturated heterocycles. The van der Waals surface area contributed by atoms with Gasteiger partial charge in [0.05, 0.1) is 21.9 Å². The number of halogens is 1. The molecule has 0 bridgehead atoms. The molecule has 7 heteroatoms. The first kappa shape index (κ1) is 15.1. The zero-order valence-electron chi connectivity index (χ0n) is 10.5. The largest absolute Gasteiger partial charge is 0.338 e. The lowest BCUT2D eigenvalue weighted by Gasteiger charge is -2.22. The molecule has 1 rings (SSSR count). The summed E-state index contributed by atoms with van der Waals surface area (Å²) < 4.78 is 0.321. The highest BCUT2D eigenvalue weighted by atomic mass is 79.9. The molecule has 1 aromatic carbocycles. The number of hydrogen-bond donors (Lipinski definition) is 0. The van der Waals surface area contributed by atoms with E-state index in [9.17, 15) is 14.9 Å². The fourth-order valence-electron chi connectivity index (χ4n) is 1.46. The summed E-state index contributed by atoms with van der Waals surface area (Å²) in [4.78, 5) is 23.8. The third-order valence-electron chi connectivity index (χ3n) is 2.76. The Hall–Kier alpha value is -1.94. The zero-order chi connectivity index (χ0) is 14.6. The van der Waals surface area contributed by atoms with Gasteiger partial charge >= 0.3 is 0 Å². The van der Waals surface area contributed by atoms with Gasteiger partial charge in [0.1, 0.15) is 0 Å². The minimum Gasteiger partial charge on any atom is -0.338 e. The van der Waals surface area contributed by atoms with Crippen molar-refractivity contribution in [1.82, 2.24) is 4.90 Å². The van der Waals surface area contributed by atoms with Gasteiger partial charge < -0.3 is 4.90 Å². The molecule has 0 aliphatic carbocycles. The van der Waals surface area contributed by atoms with Crippen LogP contribution in [0.5, 0.6) is 0 Å². The number of carbonyl (C=O) groups excluding carboxylic acids is 1. The average Bonchev–Trinajstić information content (AvgIpc) is 2.37. The van der Waals surface area contributed by atoms with E-state index < -0.39 is 4.92 Å². The van der Waals surface area contributed by atoms with Crippen LogP contribution in [0.2, 0.25) is 0 Å². The summed E-state index contributed by atoms with van der Waals surface area (Å²) in [5.41, 5.74) is 0.0642. The third-order valence-corrected chi connectivity index (χ3v) is 3.43. The number of hydrogen-bond acceptors (Lipinski definition) is 4. The Kier molecular flexibility index (Phi) is 5.01. The van der Waals surface area contributed by atoms with Crippen LogP contribution >= 0.6 is 15.9 Å². The molecule has 100 valence electrons. The van der Waals surface area contributed by atoms with Crippen molar-refractivity contribution in [3.63, 3.8) is 0 Å². The lowest BCUT2D eigenvalue weighted by molar-refractivity contribution is -0.385. The number of nitro benzene ring substituents is 1. The number of carbonyl (C=O) groups is 1. The maximum absolute atomic E-state index is 12.1. The summed E-state index contributed by atoms with van der Waals surface area (Å²) in [6, 6.07) is 5.93. The summed E-state index contributed by atoms with van der Waals surface area (Å²) >= 11 is 3.06. The molecule has 6 nitrogen and oxygen atoms in total. The second kappa shape index (κ2) is 6.29. The fraction of sp³-hybridized carbons (Fsp3) is 0.333. The Morgan fingerprint density at radius 1 is 1.63 bits per heavy atom. The van der Waals surface area contributed by atoms with Crippen molar-refractivity contribution in [2.45, 2.75) is 19.4 Å². The Bertz CT molecular complexity index is 554. The van der Waals surface area contributed by atoms with E-state index in [1.165, 1.54) is 23.1 Å². The number of amides is 1. The second-order valence-corrected chi connectivity index (χ2v) is 4.90. The lowest BCUT2D eigenvalue weighted by atomic mass is 10.1. The highest BCUT2D eigenvalue weighted by Crippen LogP contribution is 2.26. The smallest absolute Gasteiger partial charge is 0.284 e. The van der Waals surface area contributed by atoms with Crippen molar-refractivity contribution in [3.05, 3.63) is 38.3 Å². The van der Waals surface area contributed by atoms with Crippen LogP contribution in [-0.4, -0.2) is 28.8 Å². The summed E-state index contributed by atoms with van der Waals surface area (Å²) in [6.45, 7) is 1.74. The average molecular weight is 326 g/mol. The van der Waals surface area contributed by atoms with Gasteiger partial charge in [-0.15, -0.1) is 0 Å². The summed E-state index contributed by atoms with van der Waals surface area (Å²) in [7, 11) is 1.57. The quantitative estimate of drug-likeness (QED) is 0.629. The van der Waals surface area contributed by atoms with Crippen LogP contribution in [0.3, 0.4) is 0 Å². The van der Waals surface area contributed by atoms with E-state index in [1.807, 2.05) is 6.07 Å². The minimum atomic E-state index is -0.556. The maximum Gasteiger partial charge on any atom is 0.284 e. The summed E-state index contributed by atoms with van der Waals surface area (Å²) in [5.74, 6) is -0.349. The molecule has 1 atom stereocenters. The van der Waals surface area contributed by atoms with Gasteiger partial charge in [0.25, 0.3) is 11.6 Å². The van der Waals surface area contributed by atoms with Gasteiger partial charge in [0.15, 0.2) is 0 Å². The Balaban J connectivity index is 3.04. The Morgan fingerprint density at radius 3 is 2.79 bits per heavy atom. The summed E-state index contributed by atoms with van der Waals surface area (Å²) in [5, 5.41) is 19.4. The van der Waals surface area contributed by atoms with E-state index in [-0.39, 0.29) is 29.6 Å². The molecular formula is C12H12BrN3O3. The predicted molar refractivity (Wildman–Crippen MR) is 72.6 cm³/mol. The second-order valence-electron chi connectivity index (χ2n) is 4.05. The van der Waals surface area contributed by atoms with Gasteiger partial charge in [0.2, 0.25) is 0 Å². The highest BCUT2D eigenvalue weighted by molar-refractivity contribution is 9.10. The van der Waals surface area contributed by atoms with Crippen molar-refractivity contribution in [2.24, 2.45) is 0 Å². The number of benzene rings is 1.